The van der Waals surface area contributed by atoms with Crippen molar-refractivity contribution in [1.82, 2.24) is 0 Å². The molecule has 0 amide bonds. The van der Waals surface area contributed by atoms with Crippen molar-refractivity contribution in [3.8, 4) is 0 Å². The highest BCUT2D eigenvalue weighted by Gasteiger charge is 2.31. The molecule has 0 bridgehead atoms. The minimum absolute atomic E-state index is 0.0224. The zero-order valence-electron chi connectivity index (χ0n) is 10.9. The molecule has 1 saturated heterocycles. The number of carbonyl (C=O) groups excluding carboxylic acids is 1. The van der Waals surface area contributed by atoms with E-state index in [0.717, 1.165) is 18.6 Å². The number of furan rings is 1. The number of aryl methyl sites for hydroxylation is 1. The van der Waals surface area contributed by atoms with Crippen LogP contribution in [0.5, 0.6) is 0 Å². The number of hydrogen-bond acceptors (Lipinski definition) is 3. The van der Waals surface area contributed by atoms with Crippen molar-refractivity contribution in [2.75, 3.05) is 0 Å². The number of hydrogen-bond donors (Lipinski definition) is 0. The molecule has 1 aromatic rings. The fourth-order valence-electron chi connectivity index (χ4n) is 2.38. The smallest absolute Gasteiger partial charge is 0.163 e. The summed E-state index contributed by atoms with van der Waals surface area (Å²) in [5, 5.41) is 0. The molecule has 0 aromatic carbocycles. The third-order valence-electron chi connectivity index (χ3n) is 3.43. The first kappa shape index (κ1) is 12.4. The Morgan fingerprint density at radius 2 is 2.12 bits per heavy atom. The summed E-state index contributed by atoms with van der Waals surface area (Å²) in [5.74, 6) is 2.08. The van der Waals surface area contributed by atoms with E-state index < -0.39 is 0 Å². The van der Waals surface area contributed by atoms with E-state index in [2.05, 4.69) is 13.8 Å². The van der Waals surface area contributed by atoms with Crippen molar-refractivity contribution in [1.29, 1.82) is 0 Å². The van der Waals surface area contributed by atoms with Crippen molar-refractivity contribution in [3.05, 3.63) is 23.2 Å². The van der Waals surface area contributed by atoms with Crippen LogP contribution in [0.25, 0.3) is 0 Å². The first-order valence-electron chi connectivity index (χ1n) is 6.25. The van der Waals surface area contributed by atoms with E-state index in [9.17, 15) is 4.79 Å². The second-order valence-electron chi connectivity index (χ2n) is 5.16. The summed E-state index contributed by atoms with van der Waals surface area (Å²) in [6.07, 6.45) is 2.38. The highest BCUT2D eigenvalue weighted by Crippen LogP contribution is 2.37. The normalized spacial score (nSPS) is 24.5. The van der Waals surface area contributed by atoms with Gasteiger partial charge in [-0.2, -0.15) is 0 Å². The summed E-state index contributed by atoms with van der Waals surface area (Å²) in [5.41, 5.74) is 0.677. The predicted octanol–water partition coefficient (Wildman–Crippen LogP) is 3.67. The molecule has 94 valence electrons. The molecule has 2 rings (SSSR count). The molecular weight excluding hydrogens is 216 g/mol. The maximum atomic E-state index is 11.4. The Balaban J connectivity index is 2.14. The molecule has 17 heavy (non-hydrogen) atoms. The van der Waals surface area contributed by atoms with Crippen LogP contribution >= 0.6 is 0 Å². The first-order chi connectivity index (χ1) is 7.99. The maximum absolute atomic E-state index is 11.4. The van der Waals surface area contributed by atoms with Gasteiger partial charge in [0, 0.05) is 0 Å². The van der Waals surface area contributed by atoms with E-state index in [4.69, 9.17) is 9.15 Å². The largest absolute Gasteiger partial charge is 0.463 e. The second-order valence-corrected chi connectivity index (χ2v) is 5.16. The summed E-state index contributed by atoms with van der Waals surface area (Å²) < 4.78 is 11.6. The highest BCUT2D eigenvalue weighted by molar-refractivity contribution is 5.95. The number of rotatable bonds is 3. The van der Waals surface area contributed by atoms with Crippen LogP contribution in [0.1, 0.15) is 61.6 Å². The lowest BCUT2D eigenvalue weighted by molar-refractivity contribution is 0.00832. The number of ether oxygens (including phenoxy) is 1. The molecule has 1 aliphatic rings. The Morgan fingerprint density at radius 1 is 1.41 bits per heavy atom. The fraction of sp³-hybridized carbons (Fsp3) is 0.643. The van der Waals surface area contributed by atoms with E-state index in [0.29, 0.717) is 23.3 Å². The number of ketones is 1. The molecule has 3 heteroatoms. The van der Waals surface area contributed by atoms with Gasteiger partial charge in [-0.1, -0.05) is 13.8 Å². The molecular formula is C14H20O3. The zero-order chi connectivity index (χ0) is 12.6. The Labute approximate surface area is 102 Å². The van der Waals surface area contributed by atoms with Gasteiger partial charge in [0.2, 0.25) is 0 Å². The SMILES string of the molecule is CC(=O)c1cc([C@@H]2CC[C@@H](C(C)C)O2)oc1C. The Kier molecular flexibility index (Phi) is 3.38. The predicted molar refractivity (Wildman–Crippen MR) is 65.1 cm³/mol. The summed E-state index contributed by atoms with van der Waals surface area (Å²) in [4.78, 5) is 11.4. The lowest BCUT2D eigenvalue weighted by atomic mass is 10.0. The van der Waals surface area contributed by atoms with Crippen molar-refractivity contribution in [2.45, 2.75) is 52.7 Å². The Hall–Kier alpha value is -1.09. The third-order valence-corrected chi connectivity index (χ3v) is 3.43. The molecule has 1 fully saturated rings. The van der Waals surface area contributed by atoms with Crippen LogP contribution < -0.4 is 0 Å². The van der Waals surface area contributed by atoms with Gasteiger partial charge in [-0.25, -0.2) is 0 Å². The lowest BCUT2D eigenvalue weighted by Gasteiger charge is -2.15. The van der Waals surface area contributed by atoms with E-state index >= 15 is 0 Å². The van der Waals surface area contributed by atoms with E-state index in [-0.39, 0.29) is 11.9 Å². The Morgan fingerprint density at radius 3 is 2.59 bits per heavy atom. The van der Waals surface area contributed by atoms with Crippen molar-refractivity contribution in [3.63, 3.8) is 0 Å². The van der Waals surface area contributed by atoms with Gasteiger partial charge in [-0.05, 0) is 38.7 Å². The topological polar surface area (TPSA) is 39.4 Å². The molecule has 2 atom stereocenters. The molecule has 0 N–H and O–H groups in total. The summed E-state index contributed by atoms with van der Waals surface area (Å²) in [6, 6.07) is 1.84. The van der Waals surface area contributed by atoms with Crippen LogP contribution in [-0.4, -0.2) is 11.9 Å². The van der Waals surface area contributed by atoms with Gasteiger partial charge in [0.1, 0.15) is 17.6 Å². The second kappa shape index (κ2) is 4.65. The number of carbonyl (C=O) groups is 1. The monoisotopic (exact) mass is 236 g/mol. The van der Waals surface area contributed by atoms with E-state index in [1.807, 2.05) is 13.0 Å². The molecule has 0 unspecified atom stereocenters. The summed E-state index contributed by atoms with van der Waals surface area (Å²) in [7, 11) is 0. The molecule has 0 saturated carbocycles. The Bertz CT molecular complexity index is 417. The van der Waals surface area contributed by atoms with Gasteiger partial charge in [0.25, 0.3) is 0 Å². The maximum Gasteiger partial charge on any atom is 0.163 e. The van der Waals surface area contributed by atoms with Crippen molar-refractivity contribution in [2.24, 2.45) is 5.92 Å². The average Bonchev–Trinajstić information content (AvgIpc) is 2.82. The lowest BCUT2D eigenvalue weighted by Crippen LogP contribution is -2.13. The van der Waals surface area contributed by atoms with E-state index in [1.165, 1.54) is 0 Å². The molecule has 0 aliphatic carbocycles. The van der Waals surface area contributed by atoms with Gasteiger partial charge in [0.15, 0.2) is 5.78 Å². The van der Waals surface area contributed by atoms with Gasteiger partial charge in [0.05, 0.1) is 11.7 Å². The van der Waals surface area contributed by atoms with Gasteiger partial charge in [-0.3, -0.25) is 4.79 Å². The first-order valence-corrected chi connectivity index (χ1v) is 6.25. The molecule has 0 spiro atoms. The molecule has 1 aromatic heterocycles. The third kappa shape index (κ3) is 2.44. The minimum Gasteiger partial charge on any atom is -0.463 e. The fourth-order valence-corrected chi connectivity index (χ4v) is 2.38. The molecule has 2 heterocycles. The molecule has 3 nitrogen and oxygen atoms in total. The van der Waals surface area contributed by atoms with E-state index in [1.54, 1.807) is 6.92 Å². The highest BCUT2D eigenvalue weighted by atomic mass is 16.5. The van der Waals surface area contributed by atoms with Gasteiger partial charge in [-0.15, -0.1) is 0 Å². The van der Waals surface area contributed by atoms with Crippen LogP contribution in [0, 0.1) is 12.8 Å². The average molecular weight is 236 g/mol. The summed E-state index contributed by atoms with van der Waals surface area (Å²) in [6.45, 7) is 7.73. The van der Waals surface area contributed by atoms with Crippen LogP contribution in [0.4, 0.5) is 0 Å². The van der Waals surface area contributed by atoms with Crippen molar-refractivity contribution < 1.29 is 13.9 Å². The van der Waals surface area contributed by atoms with Gasteiger partial charge >= 0.3 is 0 Å². The minimum atomic E-state index is 0.0224. The van der Waals surface area contributed by atoms with Crippen LogP contribution in [0.15, 0.2) is 10.5 Å². The quantitative estimate of drug-likeness (QED) is 0.752. The van der Waals surface area contributed by atoms with Crippen LogP contribution in [0.3, 0.4) is 0 Å². The van der Waals surface area contributed by atoms with Gasteiger partial charge < -0.3 is 9.15 Å². The van der Waals surface area contributed by atoms with Crippen molar-refractivity contribution >= 4 is 5.78 Å². The number of Topliss-reactive ketones (excluding diaryl/α,β-unsaturated/α-hetero) is 1. The zero-order valence-corrected chi connectivity index (χ0v) is 10.9. The molecule has 0 radical (unpaired) electrons. The molecule has 1 aliphatic heterocycles. The van der Waals surface area contributed by atoms with Crippen LogP contribution in [0.2, 0.25) is 0 Å². The van der Waals surface area contributed by atoms with Crippen LogP contribution in [-0.2, 0) is 4.74 Å². The standard InChI is InChI=1S/C14H20O3/c1-8(2)12-5-6-13(17-12)14-7-11(9(3)15)10(4)16-14/h7-8,12-13H,5-6H2,1-4H3/t12-,13-/m0/s1. The summed E-state index contributed by atoms with van der Waals surface area (Å²) >= 11 is 0.